The third kappa shape index (κ3) is 6.28. The van der Waals surface area contributed by atoms with Gasteiger partial charge in [0.2, 0.25) is 0 Å². The topological polar surface area (TPSA) is 96.2 Å². The summed E-state index contributed by atoms with van der Waals surface area (Å²) in [6, 6.07) is 0. The summed E-state index contributed by atoms with van der Waals surface area (Å²) in [7, 11) is 0. The molecule has 0 saturated heterocycles. The molecule has 6 atom stereocenters. The molecule has 0 aromatic rings. The lowest BCUT2D eigenvalue weighted by molar-refractivity contribution is -0.142. The van der Waals surface area contributed by atoms with Gasteiger partial charge in [0, 0.05) is 24.5 Å². The Morgan fingerprint density at radius 1 is 1.26 bits per heavy atom. The lowest BCUT2D eigenvalue weighted by atomic mass is 9.84. The van der Waals surface area contributed by atoms with Crippen LogP contribution < -0.4 is 0 Å². The number of rotatable bonds is 11. The van der Waals surface area contributed by atoms with Gasteiger partial charge >= 0.3 is 5.97 Å². The quantitative estimate of drug-likeness (QED) is 0.374. The summed E-state index contributed by atoms with van der Waals surface area (Å²) in [4.78, 5) is 10.5. The smallest absolute Gasteiger partial charge is 0.329 e. The van der Waals surface area contributed by atoms with Crippen LogP contribution in [0.4, 0.5) is 0 Å². The van der Waals surface area contributed by atoms with Crippen LogP contribution in [0, 0.1) is 29.1 Å². The van der Waals surface area contributed by atoms with E-state index in [9.17, 15) is 15.0 Å². The molecule has 0 aliphatic heterocycles. The number of carboxylic acid groups (broad SMARTS) is 1. The Labute approximate surface area is 162 Å². The lowest BCUT2D eigenvalue weighted by Gasteiger charge is -2.28. The molecule has 0 amide bonds. The minimum atomic E-state index is -0.933. The number of hydrogen-bond donors (Lipinski definition) is 3. The Balaban J connectivity index is 1.86. The van der Waals surface area contributed by atoms with Gasteiger partial charge in [-0.1, -0.05) is 26.0 Å². The van der Waals surface area contributed by atoms with E-state index < -0.39 is 12.1 Å². The van der Waals surface area contributed by atoms with Gasteiger partial charge in [-0.25, -0.2) is 4.79 Å². The molecule has 2 fully saturated rings. The van der Waals surface area contributed by atoms with Crippen molar-refractivity contribution in [2.75, 3.05) is 26.4 Å². The van der Waals surface area contributed by atoms with Gasteiger partial charge in [-0.2, -0.15) is 0 Å². The molecule has 6 heteroatoms. The van der Waals surface area contributed by atoms with Crippen molar-refractivity contribution in [1.29, 1.82) is 0 Å². The molecule has 2 rings (SSSR count). The normalized spacial score (nSPS) is 32.1. The number of hydrogen-bond acceptors (Lipinski definition) is 5. The number of ether oxygens (including phenoxy) is 2. The van der Waals surface area contributed by atoms with Gasteiger partial charge in [0.15, 0.2) is 0 Å². The number of aliphatic hydroxyl groups is 2. The summed E-state index contributed by atoms with van der Waals surface area (Å²) < 4.78 is 10.6. The highest BCUT2D eigenvalue weighted by Crippen LogP contribution is 2.51. The van der Waals surface area contributed by atoms with E-state index in [2.05, 4.69) is 0 Å². The molecule has 6 nitrogen and oxygen atoms in total. The van der Waals surface area contributed by atoms with Crippen molar-refractivity contribution in [1.82, 2.24) is 0 Å². The number of carboxylic acids is 1. The van der Waals surface area contributed by atoms with Crippen molar-refractivity contribution in [3.05, 3.63) is 12.2 Å². The average molecular weight is 385 g/mol. The fourth-order valence-corrected chi connectivity index (χ4v) is 4.63. The van der Waals surface area contributed by atoms with Gasteiger partial charge in [0.25, 0.3) is 0 Å². The third-order valence-electron chi connectivity index (χ3n) is 6.22. The van der Waals surface area contributed by atoms with Gasteiger partial charge in [-0.3, -0.25) is 0 Å². The van der Waals surface area contributed by atoms with E-state index in [1.807, 2.05) is 32.9 Å². The summed E-state index contributed by atoms with van der Waals surface area (Å²) in [5.41, 5.74) is -0.366. The Bertz CT molecular complexity index is 503. The van der Waals surface area contributed by atoms with Crippen LogP contribution in [0.3, 0.4) is 0 Å². The molecule has 0 heterocycles. The first-order valence-electron chi connectivity index (χ1n) is 10.2. The zero-order valence-corrected chi connectivity index (χ0v) is 16.8. The van der Waals surface area contributed by atoms with Crippen LogP contribution in [-0.4, -0.2) is 59.9 Å². The molecule has 0 aromatic heterocycles. The maximum Gasteiger partial charge on any atom is 0.329 e. The van der Waals surface area contributed by atoms with E-state index >= 15 is 0 Å². The Morgan fingerprint density at radius 3 is 2.67 bits per heavy atom. The second-order valence-electron chi connectivity index (χ2n) is 8.83. The van der Waals surface area contributed by atoms with E-state index in [4.69, 9.17) is 14.6 Å². The van der Waals surface area contributed by atoms with Crippen LogP contribution in [0.2, 0.25) is 0 Å². The van der Waals surface area contributed by atoms with Gasteiger partial charge in [-0.05, 0) is 50.4 Å². The zero-order chi connectivity index (χ0) is 20.0. The molecule has 3 N–H and O–H groups in total. The second-order valence-corrected chi connectivity index (χ2v) is 8.83. The summed E-state index contributed by atoms with van der Waals surface area (Å²) in [6.45, 7) is 7.26. The van der Waals surface area contributed by atoms with E-state index in [0.717, 1.165) is 25.7 Å². The summed E-state index contributed by atoms with van der Waals surface area (Å²) >= 11 is 0. The largest absolute Gasteiger partial charge is 0.480 e. The molecule has 2 aliphatic rings. The summed E-state index contributed by atoms with van der Waals surface area (Å²) in [5.74, 6) is 0.613. The number of fused-ring (bicyclic) bond motifs is 1. The molecule has 2 aliphatic carbocycles. The molecule has 0 aromatic carbocycles. The number of carbonyl (C=O) groups is 1. The number of aliphatic carboxylic acids is 1. The maximum absolute atomic E-state index is 10.5. The minimum Gasteiger partial charge on any atom is -0.480 e. The van der Waals surface area contributed by atoms with Crippen LogP contribution in [0.15, 0.2) is 12.2 Å². The van der Waals surface area contributed by atoms with Crippen LogP contribution in [-0.2, 0) is 14.3 Å². The summed E-state index contributed by atoms with van der Waals surface area (Å²) in [5, 5.41) is 29.6. The fourth-order valence-electron chi connectivity index (χ4n) is 4.63. The van der Waals surface area contributed by atoms with Crippen molar-refractivity contribution in [2.24, 2.45) is 29.1 Å². The molecule has 27 heavy (non-hydrogen) atoms. The van der Waals surface area contributed by atoms with E-state index in [1.54, 1.807) is 0 Å². The average Bonchev–Trinajstić information content (AvgIpc) is 3.11. The highest BCUT2D eigenvalue weighted by Gasteiger charge is 2.46. The molecule has 0 spiro atoms. The third-order valence-corrected chi connectivity index (χ3v) is 6.22. The first-order valence-corrected chi connectivity index (χ1v) is 10.2. The molecule has 2 unspecified atom stereocenters. The molecule has 2 saturated carbocycles. The van der Waals surface area contributed by atoms with Crippen molar-refractivity contribution in [3.8, 4) is 0 Å². The highest BCUT2D eigenvalue weighted by atomic mass is 16.5. The van der Waals surface area contributed by atoms with Gasteiger partial charge in [-0.15, -0.1) is 0 Å². The summed E-state index contributed by atoms with van der Waals surface area (Å²) in [6.07, 6.45) is 6.67. The first kappa shape index (κ1) is 22.3. The van der Waals surface area contributed by atoms with Crippen molar-refractivity contribution < 1.29 is 29.6 Å². The maximum atomic E-state index is 10.5. The minimum absolute atomic E-state index is 0.0810. The van der Waals surface area contributed by atoms with Gasteiger partial charge in [0.1, 0.15) is 6.61 Å². The highest BCUT2D eigenvalue weighted by molar-refractivity contribution is 5.67. The second kappa shape index (κ2) is 10.0. The lowest BCUT2D eigenvalue weighted by Crippen LogP contribution is -2.33. The standard InChI is InChI=1S/C21H36O6/c1-4-26-13-21(2,3)19(23)6-5-16-17-10-14(7-8-27-12-20(24)25)9-15(17)11-18(16)22/h5-6,14-19,22-23H,4,7-13H2,1-3H3,(H,24,25)/t14?,15-,16-,17+,18-,19?/m0/s1. The molecule has 156 valence electrons. The predicted molar refractivity (Wildman–Crippen MR) is 102 cm³/mol. The Hall–Kier alpha value is -0.950. The van der Waals surface area contributed by atoms with Crippen LogP contribution in [0.5, 0.6) is 0 Å². The first-order chi connectivity index (χ1) is 12.7. The van der Waals surface area contributed by atoms with Crippen LogP contribution in [0.1, 0.15) is 46.5 Å². The molecule has 0 radical (unpaired) electrons. The Morgan fingerprint density at radius 2 is 2.00 bits per heavy atom. The van der Waals surface area contributed by atoms with Crippen LogP contribution >= 0.6 is 0 Å². The van der Waals surface area contributed by atoms with Gasteiger partial charge in [0.05, 0.1) is 18.8 Å². The van der Waals surface area contributed by atoms with Crippen LogP contribution in [0.25, 0.3) is 0 Å². The zero-order valence-electron chi connectivity index (χ0n) is 16.8. The van der Waals surface area contributed by atoms with Crippen molar-refractivity contribution in [3.63, 3.8) is 0 Å². The molecule has 0 bridgehead atoms. The monoisotopic (exact) mass is 384 g/mol. The van der Waals surface area contributed by atoms with E-state index in [1.165, 1.54) is 0 Å². The Kier molecular flexibility index (Phi) is 8.28. The fraction of sp³-hybridized carbons (Fsp3) is 0.857. The predicted octanol–water partition coefficient (Wildman–Crippen LogP) is 2.48. The van der Waals surface area contributed by atoms with Crippen molar-refractivity contribution in [2.45, 2.75) is 58.7 Å². The molecular formula is C21H36O6. The van der Waals surface area contributed by atoms with Gasteiger partial charge < -0.3 is 24.8 Å². The van der Waals surface area contributed by atoms with E-state index in [0.29, 0.717) is 37.6 Å². The SMILES string of the molecule is CCOCC(C)(C)C(O)C=C[C@H]1[C@@H]2CC(CCOCC(=O)O)C[C@H]2C[C@@H]1O. The molecular weight excluding hydrogens is 348 g/mol. The number of aliphatic hydroxyl groups excluding tert-OH is 2. The van der Waals surface area contributed by atoms with Crippen molar-refractivity contribution >= 4 is 5.97 Å². The van der Waals surface area contributed by atoms with E-state index in [-0.39, 0.29) is 24.0 Å².